The lowest BCUT2D eigenvalue weighted by molar-refractivity contribution is 0.626. The maximum absolute atomic E-state index is 13.4. The number of nitrogens with zero attached hydrogens (tertiary/aromatic N) is 1. The van der Waals surface area contributed by atoms with Crippen molar-refractivity contribution >= 4 is 23.0 Å². The number of hydrogen-bond donors (Lipinski definition) is 0. The predicted molar refractivity (Wildman–Crippen MR) is 84.3 cm³/mol. The highest BCUT2D eigenvalue weighted by Crippen LogP contribution is 2.30. The van der Waals surface area contributed by atoms with Crippen LogP contribution in [0.25, 0.3) is 0 Å². The van der Waals surface area contributed by atoms with E-state index in [-0.39, 0.29) is 5.82 Å². The van der Waals surface area contributed by atoms with Gasteiger partial charge in [0.05, 0.1) is 0 Å². The van der Waals surface area contributed by atoms with Gasteiger partial charge in [0, 0.05) is 23.8 Å². The van der Waals surface area contributed by atoms with Crippen molar-refractivity contribution in [1.82, 2.24) is 0 Å². The van der Waals surface area contributed by atoms with Gasteiger partial charge in [0.15, 0.2) is 0 Å². The van der Waals surface area contributed by atoms with E-state index >= 15 is 0 Å². The first-order chi connectivity index (χ1) is 9.76. The Morgan fingerprint density at radius 2 is 1.85 bits per heavy atom. The normalized spacial score (nSPS) is 10.6. The lowest BCUT2D eigenvalue weighted by Gasteiger charge is -2.27. The maximum Gasteiger partial charge on any atom is 0.123 e. The Bertz CT molecular complexity index is 542. The maximum atomic E-state index is 13.4. The molecule has 2 aromatic carbocycles. The van der Waals surface area contributed by atoms with Gasteiger partial charge in [0.2, 0.25) is 0 Å². The number of benzene rings is 2. The fourth-order valence-electron chi connectivity index (χ4n) is 2.24. The molecule has 0 fully saturated rings. The van der Waals surface area contributed by atoms with Crippen molar-refractivity contribution in [3.8, 4) is 0 Å². The zero-order chi connectivity index (χ0) is 14.4. The van der Waals surface area contributed by atoms with Crippen LogP contribution in [-0.2, 0) is 5.88 Å². The molecule has 3 heteroatoms. The molecule has 0 radical (unpaired) electrons. The summed E-state index contributed by atoms with van der Waals surface area (Å²) in [5, 5.41) is 0. The first kappa shape index (κ1) is 14.9. The summed E-state index contributed by atoms with van der Waals surface area (Å²) in [6.45, 7) is 3.06. The van der Waals surface area contributed by atoms with Gasteiger partial charge in [-0.15, -0.1) is 11.6 Å². The smallest absolute Gasteiger partial charge is 0.123 e. The molecular formula is C17H19ClFN. The molecule has 0 saturated carbocycles. The Kier molecular flexibility index (Phi) is 5.42. The van der Waals surface area contributed by atoms with Crippen LogP contribution in [0.5, 0.6) is 0 Å². The van der Waals surface area contributed by atoms with Gasteiger partial charge in [-0.2, -0.15) is 0 Å². The Morgan fingerprint density at radius 3 is 2.50 bits per heavy atom. The Labute approximate surface area is 125 Å². The van der Waals surface area contributed by atoms with E-state index in [0.29, 0.717) is 5.88 Å². The fraction of sp³-hybridized carbons (Fsp3) is 0.294. The summed E-state index contributed by atoms with van der Waals surface area (Å²) in [5.41, 5.74) is 2.92. The Morgan fingerprint density at radius 1 is 1.10 bits per heavy atom. The molecule has 2 aromatic rings. The first-order valence-corrected chi connectivity index (χ1v) is 7.46. The van der Waals surface area contributed by atoms with Gasteiger partial charge in [-0.25, -0.2) is 4.39 Å². The molecule has 0 heterocycles. The zero-order valence-electron chi connectivity index (χ0n) is 11.7. The van der Waals surface area contributed by atoms with Gasteiger partial charge < -0.3 is 4.90 Å². The predicted octanol–water partition coefficient (Wildman–Crippen LogP) is 5.50. The van der Waals surface area contributed by atoms with Crippen LogP contribution in [0.15, 0.2) is 48.5 Å². The summed E-state index contributed by atoms with van der Waals surface area (Å²) < 4.78 is 13.4. The van der Waals surface area contributed by atoms with Crippen LogP contribution in [0.2, 0.25) is 0 Å². The molecule has 0 N–H and O–H groups in total. The molecule has 106 valence electrons. The molecule has 0 aliphatic rings. The van der Waals surface area contributed by atoms with E-state index in [1.165, 1.54) is 12.1 Å². The summed E-state index contributed by atoms with van der Waals surface area (Å²) in [6, 6.07) is 15.0. The molecule has 20 heavy (non-hydrogen) atoms. The van der Waals surface area contributed by atoms with Crippen molar-refractivity contribution in [3.63, 3.8) is 0 Å². The topological polar surface area (TPSA) is 3.24 Å². The monoisotopic (exact) mass is 291 g/mol. The highest BCUT2D eigenvalue weighted by molar-refractivity contribution is 6.17. The van der Waals surface area contributed by atoms with Crippen molar-refractivity contribution in [2.24, 2.45) is 0 Å². The summed E-state index contributed by atoms with van der Waals surface area (Å²) in [7, 11) is 0. The van der Waals surface area contributed by atoms with Crippen LogP contribution in [0.4, 0.5) is 15.8 Å². The van der Waals surface area contributed by atoms with Gasteiger partial charge >= 0.3 is 0 Å². The second kappa shape index (κ2) is 7.30. The Balaban J connectivity index is 2.41. The second-order valence-electron chi connectivity index (χ2n) is 4.75. The fourth-order valence-corrected chi connectivity index (χ4v) is 2.45. The average Bonchev–Trinajstić information content (AvgIpc) is 2.49. The lowest BCUT2D eigenvalue weighted by atomic mass is 10.1. The molecule has 1 nitrogen and oxygen atoms in total. The third-order valence-electron chi connectivity index (χ3n) is 3.28. The number of hydrogen-bond acceptors (Lipinski definition) is 1. The van der Waals surface area contributed by atoms with Gasteiger partial charge in [-0.05, 0) is 42.3 Å². The first-order valence-electron chi connectivity index (χ1n) is 6.93. The van der Waals surface area contributed by atoms with Crippen LogP contribution in [0.3, 0.4) is 0 Å². The second-order valence-corrected chi connectivity index (χ2v) is 5.01. The van der Waals surface area contributed by atoms with Crippen LogP contribution >= 0.6 is 11.6 Å². The van der Waals surface area contributed by atoms with Gasteiger partial charge in [-0.1, -0.05) is 31.5 Å². The number of unbranched alkanes of at least 4 members (excludes halogenated alkanes) is 1. The minimum absolute atomic E-state index is 0.243. The van der Waals surface area contributed by atoms with Crippen LogP contribution in [-0.4, -0.2) is 6.54 Å². The van der Waals surface area contributed by atoms with Gasteiger partial charge in [-0.3, -0.25) is 0 Å². The number of alkyl halides is 1. The van der Waals surface area contributed by atoms with Crippen molar-refractivity contribution in [1.29, 1.82) is 0 Å². The highest BCUT2D eigenvalue weighted by Gasteiger charge is 2.13. The van der Waals surface area contributed by atoms with Crippen LogP contribution in [0.1, 0.15) is 25.3 Å². The molecule has 0 aliphatic heterocycles. The summed E-state index contributed by atoms with van der Waals surface area (Å²) in [4.78, 5) is 2.21. The Hall–Kier alpha value is -1.54. The van der Waals surface area contributed by atoms with E-state index in [1.54, 1.807) is 0 Å². The van der Waals surface area contributed by atoms with Crippen molar-refractivity contribution in [2.45, 2.75) is 25.6 Å². The summed E-state index contributed by atoms with van der Waals surface area (Å²) >= 11 is 5.98. The van der Waals surface area contributed by atoms with Crippen molar-refractivity contribution in [3.05, 3.63) is 59.9 Å². The van der Waals surface area contributed by atoms with Gasteiger partial charge in [0.1, 0.15) is 5.82 Å². The number of anilines is 2. The molecular weight excluding hydrogens is 273 g/mol. The molecule has 0 atom stereocenters. The van der Waals surface area contributed by atoms with E-state index < -0.39 is 0 Å². The van der Waals surface area contributed by atoms with Crippen molar-refractivity contribution in [2.75, 3.05) is 11.4 Å². The van der Waals surface area contributed by atoms with Crippen LogP contribution in [0, 0.1) is 5.82 Å². The highest BCUT2D eigenvalue weighted by atomic mass is 35.5. The largest absolute Gasteiger partial charge is 0.341 e. The molecule has 0 aromatic heterocycles. The van der Waals surface area contributed by atoms with E-state index in [9.17, 15) is 4.39 Å². The van der Waals surface area contributed by atoms with Crippen molar-refractivity contribution < 1.29 is 4.39 Å². The molecule has 0 bridgehead atoms. The molecule has 0 saturated heterocycles. The minimum Gasteiger partial charge on any atom is -0.341 e. The SMILES string of the molecule is CCCCN(c1ccccc1)c1ccc(F)cc1CCl. The summed E-state index contributed by atoms with van der Waals surface area (Å²) in [5.74, 6) is 0.0654. The third kappa shape index (κ3) is 3.51. The quantitative estimate of drug-likeness (QED) is 0.635. The molecule has 2 rings (SSSR count). The molecule has 0 spiro atoms. The minimum atomic E-state index is -0.243. The van der Waals surface area contributed by atoms with Gasteiger partial charge in [0.25, 0.3) is 0 Å². The van der Waals surface area contributed by atoms with E-state index in [4.69, 9.17) is 11.6 Å². The lowest BCUT2D eigenvalue weighted by Crippen LogP contribution is -2.19. The molecule has 0 aliphatic carbocycles. The number of halogens is 2. The number of rotatable bonds is 6. The van der Waals surface area contributed by atoms with Crippen LogP contribution < -0.4 is 4.90 Å². The van der Waals surface area contributed by atoms with E-state index in [1.807, 2.05) is 24.3 Å². The standard InChI is InChI=1S/C17H19ClFN/c1-2-3-11-20(16-7-5-4-6-8-16)17-10-9-15(19)12-14(17)13-18/h4-10,12H,2-3,11,13H2,1H3. The number of para-hydroxylation sites is 1. The third-order valence-corrected chi connectivity index (χ3v) is 3.57. The van der Waals surface area contributed by atoms with E-state index in [0.717, 1.165) is 36.3 Å². The average molecular weight is 292 g/mol. The summed E-state index contributed by atoms with van der Waals surface area (Å²) in [6.07, 6.45) is 2.19. The molecule has 0 unspecified atom stereocenters. The molecule has 0 amide bonds. The zero-order valence-corrected chi connectivity index (χ0v) is 12.4. The van der Waals surface area contributed by atoms with E-state index in [2.05, 4.69) is 24.0 Å².